The zero-order valence-electron chi connectivity index (χ0n) is 15.7. The van der Waals surface area contributed by atoms with Gasteiger partial charge in [-0.05, 0) is 56.3 Å². The molecule has 0 unspecified atom stereocenters. The van der Waals surface area contributed by atoms with Gasteiger partial charge < -0.3 is 9.15 Å². The number of piperidine rings is 1. The zero-order chi connectivity index (χ0) is 20.1. The molecule has 7 heteroatoms. The maximum atomic E-state index is 12.8. The summed E-state index contributed by atoms with van der Waals surface area (Å²) in [5.41, 5.74) is 0.155. The van der Waals surface area contributed by atoms with Gasteiger partial charge in [0.15, 0.2) is 0 Å². The number of ether oxygens (including phenoxy) is 1. The fourth-order valence-electron chi connectivity index (χ4n) is 3.78. The second-order valence-corrected chi connectivity index (χ2v) is 7.21. The minimum absolute atomic E-state index is 0.0445. The molecule has 0 amide bonds. The highest BCUT2D eigenvalue weighted by atomic mass is 19.4. The van der Waals surface area contributed by atoms with Gasteiger partial charge in [0.25, 0.3) is 0 Å². The van der Waals surface area contributed by atoms with E-state index in [0.29, 0.717) is 6.42 Å². The molecule has 1 saturated heterocycles. The fraction of sp³-hybridized carbons (Fsp3) is 0.476. The van der Waals surface area contributed by atoms with Crippen molar-refractivity contribution in [1.82, 2.24) is 4.90 Å². The van der Waals surface area contributed by atoms with Crippen LogP contribution in [0.2, 0.25) is 0 Å². The van der Waals surface area contributed by atoms with E-state index in [0.717, 1.165) is 42.8 Å². The summed E-state index contributed by atoms with van der Waals surface area (Å²) in [6.45, 7) is 1.11. The first-order chi connectivity index (χ1) is 13.3. The van der Waals surface area contributed by atoms with Crippen molar-refractivity contribution < 1.29 is 27.1 Å². The van der Waals surface area contributed by atoms with Gasteiger partial charge in [0.1, 0.15) is 5.76 Å². The standard InChI is InChI=1S/C21H24F3NO3/c1-25-12-2-4-16(14-28-19(26)11-10-18-5-3-13-27-18)20(25)15-6-8-17(9-7-15)21(22,23)24/h3,5-9,13,16,20H,2,4,10-12,14H2,1H3/t16-,20+/m1/s1. The van der Waals surface area contributed by atoms with Gasteiger partial charge in [-0.2, -0.15) is 13.2 Å². The Kier molecular flexibility index (Phi) is 6.44. The molecular weight excluding hydrogens is 371 g/mol. The zero-order valence-corrected chi connectivity index (χ0v) is 15.7. The SMILES string of the molecule is CN1CCC[C@H](COC(=O)CCc2ccco2)[C@@H]1c1ccc(C(F)(F)F)cc1. The Labute approximate surface area is 162 Å². The molecule has 4 nitrogen and oxygen atoms in total. The Hall–Kier alpha value is -2.28. The average Bonchev–Trinajstić information content (AvgIpc) is 3.18. The van der Waals surface area contributed by atoms with Crippen LogP contribution in [-0.4, -0.2) is 31.1 Å². The predicted octanol–water partition coefficient (Wildman–Crippen LogP) is 4.86. The Morgan fingerprint density at radius 1 is 1.25 bits per heavy atom. The molecule has 28 heavy (non-hydrogen) atoms. The van der Waals surface area contributed by atoms with Crippen LogP contribution < -0.4 is 0 Å². The lowest BCUT2D eigenvalue weighted by Gasteiger charge is -2.39. The molecule has 2 aromatic rings. The Morgan fingerprint density at radius 2 is 2.00 bits per heavy atom. The Morgan fingerprint density at radius 3 is 2.64 bits per heavy atom. The van der Waals surface area contributed by atoms with Crippen molar-refractivity contribution in [3.63, 3.8) is 0 Å². The molecule has 2 atom stereocenters. The predicted molar refractivity (Wildman–Crippen MR) is 97.5 cm³/mol. The molecule has 1 aliphatic heterocycles. The summed E-state index contributed by atoms with van der Waals surface area (Å²) in [5, 5.41) is 0. The molecule has 0 spiro atoms. The number of hydrogen-bond donors (Lipinski definition) is 0. The van der Waals surface area contributed by atoms with Crippen molar-refractivity contribution in [2.45, 2.75) is 37.9 Å². The highest BCUT2D eigenvalue weighted by Gasteiger charge is 2.33. The Balaban J connectivity index is 1.61. The van der Waals surface area contributed by atoms with Crippen molar-refractivity contribution in [2.24, 2.45) is 5.92 Å². The fourth-order valence-corrected chi connectivity index (χ4v) is 3.78. The van der Waals surface area contributed by atoms with Crippen LogP contribution >= 0.6 is 0 Å². The summed E-state index contributed by atoms with van der Waals surface area (Å²) in [4.78, 5) is 14.2. The van der Waals surface area contributed by atoms with Gasteiger partial charge in [-0.25, -0.2) is 0 Å². The maximum Gasteiger partial charge on any atom is 0.416 e. The lowest BCUT2D eigenvalue weighted by atomic mass is 9.85. The van der Waals surface area contributed by atoms with E-state index < -0.39 is 11.7 Å². The van der Waals surface area contributed by atoms with E-state index in [4.69, 9.17) is 9.15 Å². The number of rotatable bonds is 6. The summed E-state index contributed by atoms with van der Waals surface area (Å²) in [6.07, 6.45) is -0.239. The number of halogens is 3. The third-order valence-electron chi connectivity index (χ3n) is 5.20. The number of likely N-dealkylation sites (tertiary alicyclic amines) is 1. The third-order valence-corrected chi connectivity index (χ3v) is 5.20. The highest BCUT2D eigenvalue weighted by molar-refractivity contribution is 5.69. The lowest BCUT2D eigenvalue weighted by Crippen LogP contribution is -2.38. The number of hydrogen-bond acceptors (Lipinski definition) is 4. The van der Waals surface area contributed by atoms with Gasteiger partial charge in [-0.15, -0.1) is 0 Å². The normalized spacial score (nSPS) is 20.9. The summed E-state index contributed by atoms with van der Waals surface area (Å²) in [5.74, 6) is 0.482. The molecule has 3 rings (SSSR count). The first kappa shape index (κ1) is 20.5. The van der Waals surface area contributed by atoms with Crippen molar-refractivity contribution >= 4 is 5.97 Å². The average molecular weight is 395 g/mol. The van der Waals surface area contributed by atoms with Gasteiger partial charge in [-0.3, -0.25) is 9.69 Å². The van der Waals surface area contributed by atoms with Gasteiger partial charge in [0.05, 0.1) is 24.9 Å². The molecular formula is C21H24F3NO3. The number of aryl methyl sites for hydroxylation is 1. The van der Waals surface area contributed by atoms with Gasteiger partial charge in [0, 0.05) is 18.4 Å². The van der Waals surface area contributed by atoms with Crippen LogP contribution in [0.4, 0.5) is 13.2 Å². The van der Waals surface area contributed by atoms with Crippen LogP contribution in [0.5, 0.6) is 0 Å². The van der Waals surface area contributed by atoms with Crippen LogP contribution in [-0.2, 0) is 22.1 Å². The van der Waals surface area contributed by atoms with Crippen LogP contribution in [0.25, 0.3) is 0 Å². The van der Waals surface area contributed by atoms with Gasteiger partial charge >= 0.3 is 12.1 Å². The summed E-state index contributed by atoms with van der Waals surface area (Å²) < 4.78 is 49.2. The number of furan rings is 1. The largest absolute Gasteiger partial charge is 0.469 e. The van der Waals surface area contributed by atoms with Gasteiger partial charge in [0.2, 0.25) is 0 Å². The van der Waals surface area contributed by atoms with Crippen molar-refractivity contribution in [3.8, 4) is 0 Å². The molecule has 0 bridgehead atoms. The molecule has 0 saturated carbocycles. The molecule has 0 aliphatic carbocycles. The topological polar surface area (TPSA) is 42.7 Å². The second-order valence-electron chi connectivity index (χ2n) is 7.21. The van der Waals surface area contributed by atoms with Gasteiger partial charge in [-0.1, -0.05) is 12.1 Å². The monoisotopic (exact) mass is 395 g/mol. The van der Waals surface area contributed by atoms with E-state index >= 15 is 0 Å². The lowest BCUT2D eigenvalue weighted by molar-refractivity contribution is -0.146. The van der Waals surface area contributed by atoms with E-state index in [1.807, 2.05) is 13.1 Å². The third kappa shape index (κ3) is 5.16. The molecule has 1 aliphatic rings. The summed E-state index contributed by atoms with van der Waals surface area (Å²) >= 11 is 0. The smallest absolute Gasteiger partial charge is 0.416 e. The van der Waals surface area contributed by atoms with Crippen molar-refractivity contribution in [2.75, 3.05) is 20.2 Å². The first-order valence-corrected chi connectivity index (χ1v) is 9.40. The van der Waals surface area contributed by atoms with Crippen LogP contribution in [0.15, 0.2) is 47.1 Å². The molecule has 1 fully saturated rings. The molecule has 0 radical (unpaired) electrons. The highest BCUT2D eigenvalue weighted by Crippen LogP contribution is 2.37. The van der Waals surface area contributed by atoms with E-state index in [1.54, 1.807) is 12.3 Å². The van der Waals surface area contributed by atoms with E-state index in [9.17, 15) is 18.0 Å². The molecule has 1 aromatic carbocycles. The Bertz CT molecular complexity index is 756. The van der Waals surface area contributed by atoms with E-state index in [1.165, 1.54) is 12.1 Å². The molecule has 152 valence electrons. The second kappa shape index (κ2) is 8.82. The number of carbonyl (C=O) groups is 1. The number of carbonyl (C=O) groups excluding carboxylic acids is 1. The van der Waals surface area contributed by atoms with Crippen LogP contribution in [0.3, 0.4) is 0 Å². The maximum absolute atomic E-state index is 12.8. The van der Waals surface area contributed by atoms with Crippen molar-refractivity contribution in [3.05, 3.63) is 59.5 Å². The minimum Gasteiger partial charge on any atom is -0.469 e. The molecule has 1 aromatic heterocycles. The van der Waals surface area contributed by atoms with Crippen LogP contribution in [0.1, 0.15) is 42.2 Å². The molecule has 2 heterocycles. The molecule has 0 N–H and O–H groups in total. The van der Waals surface area contributed by atoms with E-state index in [2.05, 4.69) is 4.90 Å². The van der Waals surface area contributed by atoms with Crippen molar-refractivity contribution in [1.29, 1.82) is 0 Å². The van der Waals surface area contributed by atoms with Crippen LogP contribution in [0, 0.1) is 5.92 Å². The summed E-state index contributed by atoms with van der Waals surface area (Å²) in [6, 6.07) is 8.79. The number of benzene rings is 1. The first-order valence-electron chi connectivity index (χ1n) is 9.40. The number of alkyl halides is 3. The number of nitrogens with zero attached hydrogens (tertiary/aromatic N) is 1. The van der Waals surface area contributed by atoms with E-state index in [-0.39, 0.29) is 31.0 Å². The quantitative estimate of drug-likeness (QED) is 0.656. The minimum atomic E-state index is -4.35. The number of esters is 1. The summed E-state index contributed by atoms with van der Waals surface area (Å²) in [7, 11) is 1.95.